The molecule has 0 aromatic heterocycles. The number of nitrogen functional groups attached to an aromatic ring is 2. The minimum absolute atomic E-state index is 0.337. The fourth-order valence-corrected chi connectivity index (χ4v) is 1.75. The first-order chi connectivity index (χ1) is 9.61. The van der Waals surface area contributed by atoms with Crippen LogP contribution in [-0.4, -0.2) is 43.8 Å². The molecule has 118 valence electrons. The van der Waals surface area contributed by atoms with E-state index in [1.54, 1.807) is 18.0 Å². The van der Waals surface area contributed by atoms with E-state index in [2.05, 4.69) is 0 Å². The average Bonchev–Trinajstić information content (AvgIpc) is 2.36. The van der Waals surface area contributed by atoms with Crippen molar-refractivity contribution >= 4 is 23.2 Å². The molecule has 0 unspecified atom stereocenters. The van der Waals surface area contributed by atoms with Crippen LogP contribution >= 0.6 is 0 Å². The number of carbonyl (C=O) groups is 1. The highest BCUT2D eigenvalue weighted by molar-refractivity contribution is 5.79. The molecule has 1 aromatic carbocycles. The van der Waals surface area contributed by atoms with Gasteiger partial charge in [-0.05, 0) is 32.9 Å². The third kappa shape index (κ3) is 5.06. The summed E-state index contributed by atoms with van der Waals surface area (Å²) in [6.07, 6.45) is -0.337. The summed E-state index contributed by atoms with van der Waals surface area (Å²) in [6.45, 7) is 6.69. The molecule has 0 aliphatic carbocycles. The molecule has 1 aromatic rings. The minimum Gasteiger partial charge on any atom is -0.444 e. The number of amides is 1. The van der Waals surface area contributed by atoms with Crippen molar-refractivity contribution in [2.75, 3.05) is 43.6 Å². The first kappa shape index (κ1) is 16.9. The Morgan fingerprint density at radius 1 is 1.19 bits per heavy atom. The first-order valence-corrected chi connectivity index (χ1v) is 6.91. The van der Waals surface area contributed by atoms with E-state index in [0.29, 0.717) is 24.5 Å². The second-order valence-electron chi connectivity index (χ2n) is 6.10. The molecule has 0 radical (unpaired) electrons. The van der Waals surface area contributed by atoms with E-state index >= 15 is 0 Å². The number of hydrogen-bond donors (Lipinski definition) is 2. The molecule has 6 heteroatoms. The lowest BCUT2D eigenvalue weighted by Crippen LogP contribution is -2.38. The summed E-state index contributed by atoms with van der Waals surface area (Å²) in [5.74, 6) is 0. The number of nitrogens with zero attached hydrogens (tertiary/aromatic N) is 2. The van der Waals surface area contributed by atoms with Crippen LogP contribution in [0.4, 0.5) is 21.9 Å². The van der Waals surface area contributed by atoms with Gasteiger partial charge in [0.15, 0.2) is 0 Å². The molecule has 21 heavy (non-hydrogen) atoms. The molecule has 1 rings (SSSR count). The van der Waals surface area contributed by atoms with Crippen molar-refractivity contribution in [3.8, 4) is 0 Å². The van der Waals surface area contributed by atoms with Crippen LogP contribution in [0.15, 0.2) is 18.2 Å². The number of anilines is 3. The van der Waals surface area contributed by atoms with E-state index in [0.717, 1.165) is 5.69 Å². The summed E-state index contributed by atoms with van der Waals surface area (Å²) < 4.78 is 5.30. The van der Waals surface area contributed by atoms with Gasteiger partial charge in [-0.3, -0.25) is 0 Å². The number of hydrogen-bond acceptors (Lipinski definition) is 5. The number of likely N-dealkylation sites (N-methyl/N-ethyl adjacent to an activating group) is 2. The highest BCUT2D eigenvalue weighted by Gasteiger charge is 2.19. The van der Waals surface area contributed by atoms with Crippen LogP contribution in [0.5, 0.6) is 0 Å². The number of benzene rings is 1. The fourth-order valence-electron chi connectivity index (χ4n) is 1.75. The van der Waals surface area contributed by atoms with Crippen molar-refractivity contribution in [3.05, 3.63) is 18.2 Å². The van der Waals surface area contributed by atoms with Crippen LogP contribution in [0.2, 0.25) is 0 Å². The van der Waals surface area contributed by atoms with Crippen LogP contribution < -0.4 is 16.4 Å². The molecule has 0 atom stereocenters. The van der Waals surface area contributed by atoms with E-state index in [-0.39, 0.29) is 6.09 Å². The normalized spacial score (nSPS) is 11.1. The zero-order chi connectivity index (χ0) is 16.2. The quantitative estimate of drug-likeness (QED) is 0.831. The standard InChI is InChI=1S/C15H26N4O2/c1-15(2,3)21-14(20)19(5)10-9-18(4)12-8-6-7-11(16)13(12)17/h6-8H,9-10,16-17H2,1-5H3. The molecular weight excluding hydrogens is 268 g/mol. The predicted molar refractivity (Wildman–Crippen MR) is 87.4 cm³/mol. The first-order valence-electron chi connectivity index (χ1n) is 6.91. The van der Waals surface area contributed by atoms with Crippen molar-refractivity contribution in [3.63, 3.8) is 0 Å². The Hall–Kier alpha value is -2.11. The minimum atomic E-state index is -0.491. The second kappa shape index (κ2) is 6.56. The van der Waals surface area contributed by atoms with Gasteiger partial charge in [0.25, 0.3) is 0 Å². The molecule has 4 N–H and O–H groups in total. The van der Waals surface area contributed by atoms with E-state index in [1.165, 1.54) is 0 Å². The van der Waals surface area contributed by atoms with Gasteiger partial charge in [0, 0.05) is 27.2 Å². The number of nitrogens with two attached hydrogens (primary N) is 2. The van der Waals surface area contributed by atoms with Crippen LogP contribution in [0.3, 0.4) is 0 Å². The Kier molecular flexibility index (Phi) is 5.29. The Morgan fingerprint density at radius 2 is 1.81 bits per heavy atom. The molecule has 6 nitrogen and oxygen atoms in total. The van der Waals surface area contributed by atoms with Gasteiger partial charge in [-0.1, -0.05) is 6.07 Å². The summed E-state index contributed by atoms with van der Waals surface area (Å²) >= 11 is 0. The highest BCUT2D eigenvalue weighted by atomic mass is 16.6. The summed E-state index contributed by atoms with van der Waals surface area (Å²) in [4.78, 5) is 15.4. The maximum absolute atomic E-state index is 11.9. The van der Waals surface area contributed by atoms with E-state index in [9.17, 15) is 4.79 Å². The third-order valence-corrected chi connectivity index (χ3v) is 3.00. The highest BCUT2D eigenvalue weighted by Crippen LogP contribution is 2.27. The zero-order valence-corrected chi connectivity index (χ0v) is 13.5. The van der Waals surface area contributed by atoms with Gasteiger partial charge in [0.2, 0.25) is 0 Å². The van der Waals surface area contributed by atoms with E-state index < -0.39 is 5.60 Å². The fraction of sp³-hybridized carbons (Fsp3) is 0.533. The van der Waals surface area contributed by atoms with Gasteiger partial charge < -0.3 is 26.0 Å². The summed E-state index contributed by atoms with van der Waals surface area (Å²) in [7, 11) is 3.62. The SMILES string of the molecule is CN(CCN(C)c1cccc(N)c1N)C(=O)OC(C)(C)C. The molecule has 1 amide bonds. The maximum atomic E-state index is 11.9. The maximum Gasteiger partial charge on any atom is 0.410 e. The van der Waals surface area contributed by atoms with Crippen molar-refractivity contribution in [1.82, 2.24) is 4.90 Å². The molecule has 0 fully saturated rings. The van der Waals surface area contributed by atoms with Gasteiger partial charge in [-0.25, -0.2) is 4.79 Å². The number of para-hydroxylation sites is 1. The molecule has 0 aliphatic heterocycles. The Labute approximate surface area is 126 Å². The lowest BCUT2D eigenvalue weighted by atomic mass is 10.2. The van der Waals surface area contributed by atoms with Crippen LogP contribution in [0, 0.1) is 0 Å². The van der Waals surface area contributed by atoms with Crippen molar-refractivity contribution in [2.45, 2.75) is 26.4 Å². The van der Waals surface area contributed by atoms with Gasteiger partial charge in [0.1, 0.15) is 5.60 Å². The molecule has 0 spiro atoms. The lowest BCUT2D eigenvalue weighted by Gasteiger charge is -2.27. The van der Waals surface area contributed by atoms with Gasteiger partial charge in [-0.15, -0.1) is 0 Å². The number of carbonyl (C=O) groups excluding carboxylic acids is 1. The molecular formula is C15H26N4O2. The smallest absolute Gasteiger partial charge is 0.410 e. The summed E-state index contributed by atoms with van der Waals surface area (Å²) in [6, 6.07) is 5.52. The number of rotatable bonds is 4. The van der Waals surface area contributed by atoms with Crippen molar-refractivity contribution in [1.29, 1.82) is 0 Å². The van der Waals surface area contributed by atoms with Crippen LogP contribution in [-0.2, 0) is 4.74 Å². The summed E-state index contributed by atoms with van der Waals surface area (Å²) in [5, 5.41) is 0. The van der Waals surface area contributed by atoms with Crippen LogP contribution in [0.1, 0.15) is 20.8 Å². The molecule has 0 heterocycles. The van der Waals surface area contributed by atoms with Crippen molar-refractivity contribution in [2.24, 2.45) is 0 Å². The zero-order valence-electron chi connectivity index (χ0n) is 13.5. The largest absolute Gasteiger partial charge is 0.444 e. The Morgan fingerprint density at radius 3 is 2.38 bits per heavy atom. The molecule has 0 saturated carbocycles. The Bertz CT molecular complexity index is 497. The summed E-state index contributed by atoms with van der Waals surface area (Å²) in [5.41, 5.74) is 13.2. The average molecular weight is 294 g/mol. The Balaban J connectivity index is 2.58. The molecule has 0 saturated heterocycles. The lowest BCUT2D eigenvalue weighted by molar-refractivity contribution is 0.0303. The van der Waals surface area contributed by atoms with E-state index in [1.807, 2.05) is 44.9 Å². The van der Waals surface area contributed by atoms with Gasteiger partial charge in [-0.2, -0.15) is 0 Å². The third-order valence-electron chi connectivity index (χ3n) is 3.00. The number of ether oxygens (including phenoxy) is 1. The van der Waals surface area contributed by atoms with Gasteiger partial charge in [0.05, 0.1) is 17.1 Å². The predicted octanol–water partition coefficient (Wildman–Crippen LogP) is 2.15. The molecule has 0 bridgehead atoms. The topological polar surface area (TPSA) is 84.8 Å². The van der Waals surface area contributed by atoms with Gasteiger partial charge >= 0.3 is 6.09 Å². The molecule has 0 aliphatic rings. The van der Waals surface area contributed by atoms with Crippen LogP contribution in [0.25, 0.3) is 0 Å². The van der Waals surface area contributed by atoms with Crippen molar-refractivity contribution < 1.29 is 9.53 Å². The van der Waals surface area contributed by atoms with E-state index in [4.69, 9.17) is 16.2 Å². The monoisotopic (exact) mass is 294 g/mol. The second-order valence-corrected chi connectivity index (χ2v) is 6.10.